The number of urea groups is 1. The number of hydrogen-bond acceptors (Lipinski definition) is 2. The molecule has 28 heavy (non-hydrogen) atoms. The molecule has 0 aliphatic rings. The summed E-state index contributed by atoms with van der Waals surface area (Å²) < 4.78 is 15.2. The number of carbonyl (C=O) groups is 1. The molecular formula is C21H20FN5O. The molecule has 6 nitrogen and oxygen atoms in total. The van der Waals surface area contributed by atoms with Crippen molar-refractivity contribution in [2.45, 2.75) is 13.3 Å². The normalized spacial score (nSPS) is 10.9. The predicted molar refractivity (Wildman–Crippen MR) is 107 cm³/mol. The maximum absolute atomic E-state index is 13.8. The molecule has 0 spiro atoms. The van der Waals surface area contributed by atoms with E-state index in [9.17, 15) is 9.18 Å². The maximum Gasteiger partial charge on any atom is 0.319 e. The molecule has 3 N–H and O–H groups in total. The van der Waals surface area contributed by atoms with E-state index in [1.54, 1.807) is 24.4 Å². The molecule has 2 heterocycles. The average Bonchev–Trinajstić information content (AvgIpc) is 3.30. The summed E-state index contributed by atoms with van der Waals surface area (Å²) in [5.74, 6) is -0.379. The van der Waals surface area contributed by atoms with Crippen LogP contribution in [0, 0.1) is 12.7 Å². The Labute approximate surface area is 161 Å². The van der Waals surface area contributed by atoms with Crippen molar-refractivity contribution in [2.24, 2.45) is 0 Å². The molecule has 2 aromatic carbocycles. The monoisotopic (exact) mass is 377 g/mol. The Morgan fingerprint density at radius 3 is 2.93 bits per heavy atom. The fraction of sp³-hybridized carbons (Fsp3) is 0.143. The van der Waals surface area contributed by atoms with Crippen LogP contribution in [0.1, 0.15) is 11.1 Å². The molecule has 0 saturated heterocycles. The second kappa shape index (κ2) is 7.56. The number of amides is 2. The van der Waals surface area contributed by atoms with Crippen molar-refractivity contribution in [3.63, 3.8) is 0 Å². The SMILES string of the molecule is Cc1cccc2[nH]cc(CCNC(=O)Nc3cnn(-c4ccccc4F)c3)c12. The molecule has 142 valence electrons. The number of anilines is 1. The molecule has 4 aromatic rings. The first-order valence-corrected chi connectivity index (χ1v) is 9.02. The number of nitrogens with zero attached hydrogens (tertiary/aromatic N) is 2. The van der Waals surface area contributed by atoms with Gasteiger partial charge in [-0.2, -0.15) is 5.10 Å². The highest BCUT2D eigenvalue weighted by molar-refractivity contribution is 5.89. The van der Waals surface area contributed by atoms with Crippen molar-refractivity contribution in [1.82, 2.24) is 20.1 Å². The Morgan fingerprint density at radius 2 is 2.07 bits per heavy atom. The number of aromatic nitrogens is 3. The van der Waals surface area contributed by atoms with Crippen LogP contribution in [0.2, 0.25) is 0 Å². The molecule has 0 bridgehead atoms. The lowest BCUT2D eigenvalue weighted by molar-refractivity contribution is 0.252. The van der Waals surface area contributed by atoms with E-state index in [0.29, 0.717) is 24.3 Å². The van der Waals surface area contributed by atoms with Crippen molar-refractivity contribution in [3.05, 3.63) is 78.0 Å². The topological polar surface area (TPSA) is 74.7 Å². The van der Waals surface area contributed by atoms with Crippen molar-refractivity contribution in [1.29, 1.82) is 0 Å². The standard InChI is InChI=1S/C21H20FN5O/c1-14-5-4-7-18-20(14)15(11-24-18)9-10-23-21(28)26-16-12-25-27(13-16)19-8-3-2-6-17(19)22/h2-8,11-13,24H,9-10H2,1H3,(H2,23,26,28). The van der Waals surface area contributed by atoms with E-state index >= 15 is 0 Å². The highest BCUT2D eigenvalue weighted by atomic mass is 19.1. The van der Waals surface area contributed by atoms with Crippen LogP contribution in [-0.2, 0) is 6.42 Å². The van der Waals surface area contributed by atoms with Crippen LogP contribution in [0.15, 0.2) is 61.1 Å². The highest BCUT2D eigenvalue weighted by Crippen LogP contribution is 2.22. The summed E-state index contributed by atoms with van der Waals surface area (Å²) in [4.78, 5) is 15.4. The predicted octanol–water partition coefficient (Wildman–Crippen LogP) is 4.17. The number of halogens is 1. The van der Waals surface area contributed by atoms with Gasteiger partial charge in [-0.3, -0.25) is 0 Å². The van der Waals surface area contributed by atoms with Crippen LogP contribution >= 0.6 is 0 Å². The zero-order chi connectivity index (χ0) is 19.5. The summed E-state index contributed by atoms with van der Waals surface area (Å²) in [7, 11) is 0. The Bertz CT molecular complexity index is 1130. The second-order valence-electron chi connectivity index (χ2n) is 6.57. The zero-order valence-corrected chi connectivity index (χ0v) is 15.4. The fourth-order valence-corrected chi connectivity index (χ4v) is 3.29. The third kappa shape index (κ3) is 3.59. The minimum atomic E-state index is -0.379. The number of nitrogens with one attached hydrogen (secondary N) is 3. The Morgan fingerprint density at radius 1 is 1.21 bits per heavy atom. The molecule has 2 aromatic heterocycles. The second-order valence-corrected chi connectivity index (χ2v) is 6.57. The molecule has 0 saturated carbocycles. The van der Waals surface area contributed by atoms with E-state index in [1.165, 1.54) is 33.5 Å². The third-order valence-electron chi connectivity index (χ3n) is 4.62. The van der Waals surface area contributed by atoms with Crippen LogP contribution in [0.25, 0.3) is 16.6 Å². The summed E-state index contributed by atoms with van der Waals surface area (Å²) in [6.07, 6.45) is 5.75. The quantitative estimate of drug-likeness (QED) is 0.488. The number of carbonyl (C=O) groups excluding carboxylic acids is 1. The van der Waals surface area contributed by atoms with Crippen molar-refractivity contribution < 1.29 is 9.18 Å². The number of aromatic amines is 1. The van der Waals surface area contributed by atoms with Gasteiger partial charge in [0.25, 0.3) is 0 Å². The lowest BCUT2D eigenvalue weighted by atomic mass is 10.1. The van der Waals surface area contributed by atoms with E-state index in [0.717, 1.165) is 5.52 Å². The van der Waals surface area contributed by atoms with Crippen LogP contribution < -0.4 is 10.6 Å². The van der Waals surface area contributed by atoms with Gasteiger partial charge in [-0.05, 0) is 42.7 Å². The van der Waals surface area contributed by atoms with Gasteiger partial charge in [0, 0.05) is 23.6 Å². The van der Waals surface area contributed by atoms with Crippen LogP contribution in [0.5, 0.6) is 0 Å². The van der Waals surface area contributed by atoms with Crippen LogP contribution in [0.3, 0.4) is 0 Å². The minimum Gasteiger partial charge on any atom is -0.361 e. The molecule has 0 fully saturated rings. The molecule has 4 rings (SSSR count). The lowest BCUT2D eigenvalue weighted by Crippen LogP contribution is -2.30. The molecule has 0 aliphatic heterocycles. The summed E-state index contributed by atoms with van der Waals surface area (Å²) in [6, 6.07) is 12.1. The van der Waals surface area contributed by atoms with Crippen molar-refractivity contribution in [2.75, 3.05) is 11.9 Å². The van der Waals surface area contributed by atoms with Gasteiger partial charge >= 0.3 is 6.03 Å². The molecule has 2 amide bonds. The molecule has 0 unspecified atom stereocenters. The number of benzene rings is 2. The van der Waals surface area contributed by atoms with Gasteiger partial charge in [0.1, 0.15) is 11.5 Å². The van der Waals surface area contributed by atoms with Gasteiger partial charge in [-0.25, -0.2) is 13.9 Å². The summed E-state index contributed by atoms with van der Waals surface area (Å²) >= 11 is 0. The lowest BCUT2D eigenvalue weighted by Gasteiger charge is -2.06. The number of aryl methyl sites for hydroxylation is 1. The molecule has 7 heteroatoms. The summed E-state index contributed by atoms with van der Waals surface area (Å²) in [6.45, 7) is 2.57. The van der Waals surface area contributed by atoms with Gasteiger partial charge in [-0.1, -0.05) is 24.3 Å². The first-order valence-electron chi connectivity index (χ1n) is 9.02. The van der Waals surface area contributed by atoms with Crippen molar-refractivity contribution in [3.8, 4) is 5.69 Å². The van der Waals surface area contributed by atoms with Gasteiger partial charge in [-0.15, -0.1) is 0 Å². The third-order valence-corrected chi connectivity index (χ3v) is 4.62. The largest absolute Gasteiger partial charge is 0.361 e. The molecular weight excluding hydrogens is 357 g/mol. The molecule has 0 atom stereocenters. The van der Waals surface area contributed by atoms with E-state index < -0.39 is 0 Å². The summed E-state index contributed by atoms with van der Waals surface area (Å²) in [5, 5.41) is 10.9. The number of hydrogen-bond donors (Lipinski definition) is 3. The van der Waals surface area contributed by atoms with Crippen molar-refractivity contribution >= 4 is 22.6 Å². The number of fused-ring (bicyclic) bond motifs is 1. The number of rotatable bonds is 5. The maximum atomic E-state index is 13.8. The molecule has 0 aliphatic carbocycles. The van der Waals surface area contributed by atoms with Gasteiger partial charge in [0.15, 0.2) is 0 Å². The average molecular weight is 377 g/mol. The van der Waals surface area contributed by atoms with Crippen LogP contribution in [-0.4, -0.2) is 27.3 Å². The Balaban J connectivity index is 1.34. The zero-order valence-electron chi connectivity index (χ0n) is 15.4. The van der Waals surface area contributed by atoms with E-state index in [1.807, 2.05) is 18.3 Å². The van der Waals surface area contributed by atoms with Gasteiger partial charge in [0.05, 0.1) is 18.1 Å². The summed E-state index contributed by atoms with van der Waals surface area (Å²) in [5.41, 5.74) is 4.29. The van der Waals surface area contributed by atoms with E-state index in [-0.39, 0.29) is 11.8 Å². The highest BCUT2D eigenvalue weighted by Gasteiger charge is 2.09. The minimum absolute atomic E-state index is 0.325. The van der Waals surface area contributed by atoms with E-state index in [2.05, 4.69) is 33.7 Å². The smallest absolute Gasteiger partial charge is 0.319 e. The van der Waals surface area contributed by atoms with Gasteiger partial charge < -0.3 is 15.6 Å². The van der Waals surface area contributed by atoms with Gasteiger partial charge in [0.2, 0.25) is 0 Å². The Kier molecular flexibility index (Phi) is 4.80. The van der Waals surface area contributed by atoms with E-state index in [4.69, 9.17) is 0 Å². The first kappa shape index (κ1) is 17.8. The number of para-hydroxylation sites is 1. The Hall–Kier alpha value is -3.61. The number of H-pyrrole nitrogens is 1. The first-order chi connectivity index (χ1) is 13.6. The fourth-order valence-electron chi connectivity index (χ4n) is 3.29. The van der Waals surface area contributed by atoms with Crippen LogP contribution in [0.4, 0.5) is 14.9 Å². The molecule has 0 radical (unpaired) electrons.